The summed E-state index contributed by atoms with van der Waals surface area (Å²) in [5.41, 5.74) is 1.64. The SMILES string of the molecule is COc1ccccc1N(CC(=O)Nc1ccc(CC#N)cc1)S(C)(=O)=O. The number of ether oxygens (including phenoxy) is 1. The molecule has 0 saturated heterocycles. The van der Waals surface area contributed by atoms with Crippen LogP contribution in [-0.2, 0) is 21.2 Å². The van der Waals surface area contributed by atoms with E-state index in [0.717, 1.165) is 16.1 Å². The molecule has 7 nitrogen and oxygen atoms in total. The third-order valence-corrected chi connectivity index (χ3v) is 4.69. The van der Waals surface area contributed by atoms with Crippen molar-refractivity contribution in [3.05, 3.63) is 54.1 Å². The van der Waals surface area contributed by atoms with E-state index in [4.69, 9.17) is 10.00 Å². The lowest BCUT2D eigenvalue weighted by Gasteiger charge is -2.23. The minimum Gasteiger partial charge on any atom is -0.495 e. The molecule has 0 atom stereocenters. The third-order valence-electron chi connectivity index (χ3n) is 3.56. The molecule has 0 bridgehead atoms. The fourth-order valence-corrected chi connectivity index (χ4v) is 3.20. The molecular formula is C18H19N3O4S. The predicted molar refractivity (Wildman–Crippen MR) is 99.6 cm³/mol. The summed E-state index contributed by atoms with van der Waals surface area (Å²) in [4.78, 5) is 12.3. The molecule has 2 rings (SSSR count). The molecule has 0 aromatic heterocycles. The van der Waals surface area contributed by atoms with Gasteiger partial charge in [0.05, 0.1) is 31.5 Å². The number of rotatable bonds is 7. The van der Waals surface area contributed by atoms with Crippen LogP contribution in [-0.4, -0.2) is 34.2 Å². The summed E-state index contributed by atoms with van der Waals surface area (Å²) in [6, 6.07) is 15.4. The Kier molecular flexibility index (Phi) is 6.20. The summed E-state index contributed by atoms with van der Waals surface area (Å²) >= 11 is 0. The molecule has 26 heavy (non-hydrogen) atoms. The Bertz CT molecular complexity index is 918. The predicted octanol–water partition coefficient (Wildman–Crippen LogP) is 2.17. The fourth-order valence-electron chi connectivity index (χ4n) is 2.35. The van der Waals surface area contributed by atoms with Gasteiger partial charge in [-0.2, -0.15) is 5.26 Å². The molecule has 0 aliphatic rings. The van der Waals surface area contributed by atoms with E-state index in [-0.39, 0.29) is 18.7 Å². The van der Waals surface area contributed by atoms with Crippen molar-refractivity contribution in [2.24, 2.45) is 0 Å². The van der Waals surface area contributed by atoms with E-state index in [1.54, 1.807) is 48.5 Å². The maximum absolute atomic E-state index is 12.3. The zero-order valence-corrected chi connectivity index (χ0v) is 15.3. The molecule has 1 amide bonds. The molecule has 0 aliphatic carbocycles. The number of sulfonamides is 1. The molecule has 0 fully saturated rings. The number of para-hydroxylation sites is 2. The maximum Gasteiger partial charge on any atom is 0.245 e. The van der Waals surface area contributed by atoms with Gasteiger partial charge in [0.1, 0.15) is 12.3 Å². The van der Waals surface area contributed by atoms with Gasteiger partial charge in [-0.25, -0.2) is 8.42 Å². The maximum atomic E-state index is 12.3. The molecular weight excluding hydrogens is 354 g/mol. The average Bonchev–Trinajstić information content (AvgIpc) is 2.60. The number of nitrogens with zero attached hydrogens (tertiary/aromatic N) is 2. The fraction of sp³-hybridized carbons (Fsp3) is 0.222. The van der Waals surface area contributed by atoms with E-state index in [9.17, 15) is 13.2 Å². The molecule has 136 valence electrons. The van der Waals surface area contributed by atoms with Gasteiger partial charge in [0.2, 0.25) is 15.9 Å². The summed E-state index contributed by atoms with van der Waals surface area (Å²) in [6.45, 7) is -0.390. The largest absolute Gasteiger partial charge is 0.495 e. The number of anilines is 2. The summed E-state index contributed by atoms with van der Waals surface area (Å²) in [5.74, 6) is -0.138. The van der Waals surface area contributed by atoms with Gasteiger partial charge in [-0.05, 0) is 29.8 Å². The number of benzene rings is 2. The highest BCUT2D eigenvalue weighted by atomic mass is 32.2. The Morgan fingerprint density at radius 3 is 2.42 bits per heavy atom. The van der Waals surface area contributed by atoms with Crippen LogP contribution in [0.15, 0.2) is 48.5 Å². The topological polar surface area (TPSA) is 99.5 Å². The molecule has 0 unspecified atom stereocenters. The first kappa shape index (κ1) is 19.3. The lowest BCUT2D eigenvalue weighted by atomic mass is 10.1. The Balaban J connectivity index is 2.18. The van der Waals surface area contributed by atoms with Gasteiger partial charge in [-0.1, -0.05) is 24.3 Å². The number of carbonyl (C=O) groups is 1. The van der Waals surface area contributed by atoms with Crippen LogP contribution in [0.5, 0.6) is 5.75 Å². The smallest absolute Gasteiger partial charge is 0.245 e. The van der Waals surface area contributed by atoms with E-state index in [0.29, 0.717) is 11.4 Å². The molecule has 8 heteroatoms. The van der Waals surface area contributed by atoms with Gasteiger partial charge in [-0.3, -0.25) is 9.10 Å². The van der Waals surface area contributed by atoms with Crippen molar-refractivity contribution < 1.29 is 17.9 Å². The monoisotopic (exact) mass is 373 g/mol. The number of methoxy groups -OCH3 is 1. The number of nitrogens with one attached hydrogen (secondary N) is 1. The lowest BCUT2D eigenvalue weighted by Crippen LogP contribution is -2.37. The van der Waals surface area contributed by atoms with Gasteiger partial charge in [0, 0.05) is 5.69 Å². The van der Waals surface area contributed by atoms with Gasteiger partial charge >= 0.3 is 0 Å². The van der Waals surface area contributed by atoms with Crippen LogP contribution in [0.1, 0.15) is 5.56 Å². The van der Waals surface area contributed by atoms with E-state index < -0.39 is 15.9 Å². The minimum absolute atomic E-state index is 0.282. The van der Waals surface area contributed by atoms with Crippen molar-refractivity contribution in [1.29, 1.82) is 5.26 Å². The number of amides is 1. The van der Waals surface area contributed by atoms with Crippen molar-refractivity contribution in [2.75, 3.05) is 29.5 Å². The first-order valence-electron chi connectivity index (χ1n) is 7.71. The number of hydrogen-bond donors (Lipinski definition) is 1. The normalized spacial score (nSPS) is 10.7. The second kappa shape index (κ2) is 8.36. The van der Waals surface area contributed by atoms with Crippen LogP contribution in [0.25, 0.3) is 0 Å². The highest BCUT2D eigenvalue weighted by Gasteiger charge is 2.23. The van der Waals surface area contributed by atoms with Crippen LogP contribution in [0, 0.1) is 11.3 Å². The Labute approximate surface area is 152 Å². The van der Waals surface area contributed by atoms with Gasteiger partial charge in [0.15, 0.2) is 0 Å². The second-order valence-corrected chi connectivity index (χ2v) is 7.43. The van der Waals surface area contributed by atoms with Gasteiger partial charge in [-0.15, -0.1) is 0 Å². The second-order valence-electron chi connectivity index (χ2n) is 5.52. The van der Waals surface area contributed by atoms with E-state index in [1.165, 1.54) is 7.11 Å². The summed E-state index contributed by atoms with van der Waals surface area (Å²) in [6.07, 6.45) is 1.31. The molecule has 1 N–H and O–H groups in total. The lowest BCUT2D eigenvalue weighted by molar-refractivity contribution is -0.114. The number of carbonyl (C=O) groups excluding carboxylic acids is 1. The Morgan fingerprint density at radius 1 is 1.19 bits per heavy atom. The molecule has 0 radical (unpaired) electrons. The quantitative estimate of drug-likeness (QED) is 0.802. The van der Waals surface area contributed by atoms with Crippen molar-refractivity contribution in [2.45, 2.75) is 6.42 Å². The van der Waals surface area contributed by atoms with Gasteiger partial charge in [0.25, 0.3) is 0 Å². The first-order valence-corrected chi connectivity index (χ1v) is 9.56. The summed E-state index contributed by atoms with van der Waals surface area (Å²) < 4.78 is 30.5. The highest BCUT2D eigenvalue weighted by Crippen LogP contribution is 2.29. The molecule has 0 spiro atoms. The molecule has 0 saturated carbocycles. The molecule has 0 heterocycles. The minimum atomic E-state index is -3.70. The number of hydrogen-bond acceptors (Lipinski definition) is 5. The molecule has 0 aliphatic heterocycles. The Morgan fingerprint density at radius 2 is 1.85 bits per heavy atom. The van der Waals surface area contributed by atoms with Gasteiger partial charge < -0.3 is 10.1 Å². The van der Waals surface area contributed by atoms with Crippen molar-refractivity contribution in [1.82, 2.24) is 0 Å². The standard InChI is InChI=1S/C18H19N3O4S/c1-25-17-6-4-3-5-16(17)21(26(2,23)24)13-18(22)20-15-9-7-14(8-10-15)11-12-19/h3-10H,11,13H2,1-2H3,(H,20,22). The van der Waals surface area contributed by atoms with Crippen molar-refractivity contribution >= 4 is 27.3 Å². The zero-order chi connectivity index (χ0) is 19.2. The van der Waals surface area contributed by atoms with Crippen LogP contribution in [0.2, 0.25) is 0 Å². The van der Waals surface area contributed by atoms with Crippen LogP contribution in [0.3, 0.4) is 0 Å². The van der Waals surface area contributed by atoms with Crippen molar-refractivity contribution in [3.8, 4) is 11.8 Å². The summed E-state index contributed by atoms with van der Waals surface area (Å²) in [7, 11) is -2.26. The molecule has 2 aromatic rings. The van der Waals surface area contributed by atoms with Crippen LogP contribution >= 0.6 is 0 Å². The van der Waals surface area contributed by atoms with E-state index >= 15 is 0 Å². The third kappa shape index (κ3) is 4.97. The average molecular weight is 373 g/mol. The molecule has 2 aromatic carbocycles. The summed E-state index contributed by atoms with van der Waals surface area (Å²) in [5, 5.41) is 11.3. The first-order chi connectivity index (χ1) is 12.3. The van der Waals surface area contributed by atoms with E-state index in [2.05, 4.69) is 5.32 Å². The Hall–Kier alpha value is -3.05. The van der Waals surface area contributed by atoms with E-state index in [1.807, 2.05) is 6.07 Å². The number of nitriles is 1. The van der Waals surface area contributed by atoms with Crippen LogP contribution in [0.4, 0.5) is 11.4 Å². The van der Waals surface area contributed by atoms with Crippen LogP contribution < -0.4 is 14.4 Å². The highest BCUT2D eigenvalue weighted by molar-refractivity contribution is 7.92. The zero-order valence-electron chi connectivity index (χ0n) is 14.5. The van der Waals surface area contributed by atoms with Crippen molar-refractivity contribution in [3.63, 3.8) is 0 Å².